The van der Waals surface area contributed by atoms with Crippen LogP contribution < -0.4 is 9.64 Å². The van der Waals surface area contributed by atoms with Gasteiger partial charge in [0.25, 0.3) is 0 Å². The molecule has 0 radical (unpaired) electrons. The standard InChI is InChI=1S/C36H53N3O6/c1-8-22-37(26-16-18-27(19-17-26)44-11-4)31(41)28-29-32(42)38(24-14-12-13-15-25-40)30(33(43)39(23-9-2)34(5,6)7)36(29)21-20-35(28,10-3)45-36/h8-9,16-19,28-30,40H,1-2,10-15,20-25H2,3-7H3/t28-,29-,30?,35+,36?/m0/s1. The largest absolute Gasteiger partial charge is 0.494 e. The van der Waals surface area contributed by atoms with E-state index in [9.17, 15) is 19.5 Å². The maximum Gasteiger partial charge on any atom is 0.249 e. The van der Waals surface area contributed by atoms with Crippen molar-refractivity contribution in [3.63, 3.8) is 0 Å². The van der Waals surface area contributed by atoms with E-state index < -0.39 is 34.6 Å². The molecule has 248 valence electrons. The topological polar surface area (TPSA) is 99.6 Å². The molecule has 1 aromatic carbocycles. The lowest BCUT2D eigenvalue weighted by atomic mass is 9.64. The minimum Gasteiger partial charge on any atom is -0.494 e. The van der Waals surface area contributed by atoms with Crippen LogP contribution in [-0.2, 0) is 19.1 Å². The van der Waals surface area contributed by atoms with Crippen LogP contribution in [-0.4, -0.2) is 88.3 Å². The summed E-state index contributed by atoms with van der Waals surface area (Å²) in [6.07, 6.45) is 8.15. The van der Waals surface area contributed by atoms with E-state index in [0.717, 1.165) is 12.8 Å². The maximum atomic E-state index is 14.8. The normalized spacial score (nSPS) is 26.9. The third-order valence-electron chi connectivity index (χ3n) is 9.91. The van der Waals surface area contributed by atoms with Crippen molar-refractivity contribution in [2.45, 2.75) is 102 Å². The average Bonchev–Trinajstić information content (AvgIpc) is 3.61. The van der Waals surface area contributed by atoms with Gasteiger partial charge in [-0.25, -0.2) is 0 Å². The molecule has 2 unspecified atom stereocenters. The second kappa shape index (κ2) is 14.1. The highest BCUT2D eigenvalue weighted by Gasteiger charge is 2.79. The first-order chi connectivity index (χ1) is 21.5. The van der Waals surface area contributed by atoms with Crippen LogP contribution in [0.25, 0.3) is 0 Å². The number of fused-ring (bicyclic) bond motifs is 1. The van der Waals surface area contributed by atoms with E-state index in [2.05, 4.69) is 13.2 Å². The number of likely N-dealkylation sites (tertiary alicyclic amines) is 1. The predicted octanol–water partition coefficient (Wildman–Crippen LogP) is 5.12. The summed E-state index contributed by atoms with van der Waals surface area (Å²) in [5.41, 5.74) is -1.77. The molecule has 2 bridgehead atoms. The number of benzene rings is 1. The molecule has 0 aliphatic carbocycles. The molecule has 0 saturated carbocycles. The van der Waals surface area contributed by atoms with Crippen molar-refractivity contribution >= 4 is 23.4 Å². The highest BCUT2D eigenvalue weighted by molar-refractivity contribution is 6.03. The van der Waals surface area contributed by atoms with Gasteiger partial charge in [0.1, 0.15) is 17.4 Å². The Labute approximate surface area is 269 Å². The summed E-state index contributed by atoms with van der Waals surface area (Å²) in [5.74, 6) is -1.33. The highest BCUT2D eigenvalue weighted by atomic mass is 16.5. The van der Waals surface area contributed by atoms with E-state index >= 15 is 0 Å². The molecule has 3 fully saturated rings. The average molecular weight is 624 g/mol. The number of unbranched alkanes of at least 4 members (excludes halogenated alkanes) is 3. The van der Waals surface area contributed by atoms with Crippen LogP contribution in [0.4, 0.5) is 5.69 Å². The highest BCUT2D eigenvalue weighted by Crippen LogP contribution is 2.65. The molecule has 1 N–H and O–H groups in total. The summed E-state index contributed by atoms with van der Waals surface area (Å²) in [4.78, 5) is 49.3. The number of ether oxygens (including phenoxy) is 2. The molecule has 1 aromatic rings. The number of aliphatic hydroxyl groups is 1. The first kappa shape index (κ1) is 34.7. The lowest BCUT2D eigenvalue weighted by molar-refractivity contribution is -0.155. The zero-order valence-corrected chi connectivity index (χ0v) is 27.9. The van der Waals surface area contributed by atoms with Gasteiger partial charge in [-0.3, -0.25) is 14.4 Å². The smallest absolute Gasteiger partial charge is 0.249 e. The van der Waals surface area contributed by atoms with Crippen molar-refractivity contribution in [1.82, 2.24) is 9.80 Å². The van der Waals surface area contributed by atoms with Crippen molar-refractivity contribution in [2.75, 3.05) is 37.7 Å². The zero-order chi connectivity index (χ0) is 33.0. The Kier molecular flexibility index (Phi) is 10.9. The molecular weight excluding hydrogens is 570 g/mol. The van der Waals surface area contributed by atoms with Crippen LogP contribution in [0.15, 0.2) is 49.6 Å². The number of nitrogens with zero attached hydrogens (tertiary/aromatic N) is 3. The van der Waals surface area contributed by atoms with Gasteiger partial charge in [-0.05, 0) is 84.1 Å². The molecule has 5 atom stereocenters. The van der Waals surface area contributed by atoms with Crippen molar-refractivity contribution in [1.29, 1.82) is 0 Å². The van der Waals surface area contributed by atoms with E-state index in [-0.39, 0.29) is 30.9 Å². The lowest BCUT2D eigenvalue weighted by Gasteiger charge is -2.42. The van der Waals surface area contributed by atoms with E-state index in [1.165, 1.54) is 0 Å². The number of hydrogen-bond acceptors (Lipinski definition) is 6. The summed E-state index contributed by atoms with van der Waals surface area (Å²) in [6, 6.07) is 6.55. The van der Waals surface area contributed by atoms with Crippen LogP contribution in [0.2, 0.25) is 0 Å². The van der Waals surface area contributed by atoms with Gasteiger partial charge in [0.2, 0.25) is 17.7 Å². The number of aliphatic hydroxyl groups excluding tert-OH is 1. The lowest BCUT2D eigenvalue weighted by Crippen LogP contribution is -2.60. The molecule has 3 aliphatic rings. The Hall–Kier alpha value is -3.17. The molecule has 3 heterocycles. The monoisotopic (exact) mass is 623 g/mol. The molecule has 3 aliphatic heterocycles. The number of rotatable bonds is 16. The quantitative estimate of drug-likeness (QED) is 0.203. The summed E-state index contributed by atoms with van der Waals surface area (Å²) in [7, 11) is 0. The number of carbonyl (C=O) groups is 3. The van der Waals surface area contributed by atoms with Gasteiger partial charge in [-0.15, -0.1) is 13.2 Å². The SMILES string of the molecule is C=CCN(C(=O)[C@@H]1[C@H]2C(=O)N(CCCCCCO)C(C(=O)N(CC=C)C(C)(C)C)C23CC[C@@]1(CC)O3)c1ccc(OCC)cc1. The molecule has 3 saturated heterocycles. The molecule has 9 nitrogen and oxygen atoms in total. The summed E-state index contributed by atoms with van der Waals surface area (Å²) < 4.78 is 12.6. The number of anilines is 1. The molecular formula is C36H53N3O6. The van der Waals surface area contributed by atoms with E-state index in [1.54, 1.807) is 26.9 Å². The Morgan fingerprint density at radius 1 is 1.04 bits per heavy atom. The minimum absolute atomic E-state index is 0.128. The van der Waals surface area contributed by atoms with Crippen molar-refractivity contribution in [3.8, 4) is 5.75 Å². The molecule has 3 amide bonds. The second-order valence-electron chi connectivity index (χ2n) is 13.6. The van der Waals surface area contributed by atoms with Crippen LogP contribution in [0.3, 0.4) is 0 Å². The van der Waals surface area contributed by atoms with E-state index in [1.807, 2.05) is 58.9 Å². The molecule has 0 aromatic heterocycles. The first-order valence-corrected chi connectivity index (χ1v) is 16.6. The van der Waals surface area contributed by atoms with Crippen LogP contribution in [0.1, 0.15) is 79.6 Å². The number of carbonyl (C=O) groups excluding carboxylic acids is 3. The van der Waals surface area contributed by atoms with Gasteiger partial charge < -0.3 is 29.3 Å². The van der Waals surface area contributed by atoms with Crippen molar-refractivity contribution in [3.05, 3.63) is 49.6 Å². The third-order valence-corrected chi connectivity index (χ3v) is 9.91. The van der Waals surface area contributed by atoms with Gasteiger partial charge in [0, 0.05) is 37.5 Å². The van der Waals surface area contributed by atoms with Gasteiger partial charge in [0.05, 0.1) is 24.0 Å². The number of hydrogen-bond donors (Lipinski definition) is 1. The molecule has 1 spiro atoms. The zero-order valence-electron chi connectivity index (χ0n) is 27.9. The van der Waals surface area contributed by atoms with Gasteiger partial charge in [-0.2, -0.15) is 0 Å². The fourth-order valence-electron chi connectivity index (χ4n) is 7.84. The van der Waals surface area contributed by atoms with Gasteiger partial charge >= 0.3 is 0 Å². The number of amides is 3. The van der Waals surface area contributed by atoms with Crippen LogP contribution in [0, 0.1) is 11.8 Å². The van der Waals surface area contributed by atoms with E-state index in [4.69, 9.17) is 9.47 Å². The Bertz CT molecular complexity index is 1240. The maximum absolute atomic E-state index is 14.8. The molecule has 9 heteroatoms. The fraction of sp³-hybridized carbons (Fsp3) is 0.639. The predicted molar refractivity (Wildman–Crippen MR) is 176 cm³/mol. The Balaban J connectivity index is 1.77. The second-order valence-corrected chi connectivity index (χ2v) is 13.6. The Morgan fingerprint density at radius 3 is 2.29 bits per heavy atom. The summed E-state index contributed by atoms with van der Waals surface area (Å²) in [5, 5.41) is 9.25. The van der Waals surface area contributed by atoms with Gasteiger partial charge in [0.15, 0.2) is 0 Å². The van der Waals surface area contributed by atoms with Gasteiger partial charge in [-0.1, -0.05) is 31.9 Å². The van der Waals surface area contributed by atoms with Crippen LogP contribution in [0.5, 0.6) is 5.75 Å². The molecule has 45 heavy (non-hydrogen) atoms. The van der Waals surface area contributed by atoms with Crippen molar-refractivity contribution < 1.29 is 29.0 Å². The summed E-state index contributed by atoms with van der Waals surface area (Å²) in [6.45, 7) is 19.3. The summed E-state index contributed by atoms with van der Waals surface area (Å²) >= 11 is 0. The Morgan fingerprint density at radius 2 is 1.71 bits per heavy atom. The van der Waals surface area contributed by atoms with Crippen LogP contribution >= 0.6 is 0 Å². The third kappa shape index (κ3) is 6.30. The molecule has 4 rings (SSSR count). The van der Waals surface area contributed by atoms with E-state index in [0.29, 0.717) is 63.2 Å². The first-order valence-electron chi connectivity index (χ1n) is 16.6. The fourth-order valence-corrected chi connectivity index (χ4v) is 7.84. The minimum atomic E-state index is -1.10. The van der Waals surface area contributed by atoms with Crippen molar-refractivity contribution in [2.24, 2.45) is 11.8 Å².